The van der Waals surface area contributed by atoms with E-state index in [2.05, 4.69) is 40.2 Å². The second kappa shape index (κ2) is 6.71. The number of hydrogen-bond donors (Lipinski definition) is 0. The Labute approximate surface area is 122 Å². The standard InChI is InChI=1S/C16H18BrNO/c1-18(10-4-9-17)16(19)12-13-7-8-14-5-2-3-6-15(14)11-13/h2-3,5-8,11H,4,9-10,12H2,1H3. The molecule has 2 nitrogen and oxygen atoms in total. The molecule has 0 unspecified atom stereocenters. The van der Waals surface area contributed by atoms with E-state index in [1.807, 2.05) is 25.2 Å². The van der Waals surface area contributed by atoms with E-state index in [0.29, 0.717) is 6.42 Å². The molecule has 0 spiro atoms. The van der Waals surface area contributed by atoms with Gasteiger partial charge in [0.05, 0.1) is 6.42 Å². The van der Waals surface area contributed by atoms with Gasteiger partial charge in [-0.25, -0.2) is 0 Å². The van der Waals surface area contributed by atoms with Crippen LogP contribution >= 0.6 is 15.9 Å². The van der Waals surface area contributed by atoms with Crippen LogP contribution in [0.2, 0.25) is 0 Å². The first kappa shape index (κ1) is 14.1. The van der Waals surface area contributed by atoms with Crippen LogP contribution in [-0.4, -0.2) is 29.7 Å². The molecule has 3 heteroatoms. The molecule has 100 valence electrons. The lowest BCUT2D eigenvalue weighted by molar-refractivity contribution is -0.129. The van der Waals surface area contributed by atoms with Gasteiger partial charge in [0.25, 0.3) is 0 Å². The first-order chi connectivity index (χ1) is 9.20. The van der Waals surface area contributed by atoms with Gasteiger partial charge in [0.1, 0.15) is 0 Å². The second-order valence-electron chi connectivity index (χ2n) is 4.72. The summed E-state index contributed by atoms with van der Waals surface area (Å²) in [4.78, 5) is 13.9. The molecule has 0 saturated heterocycles. The zero-order chi connectivity index (χ0) is 13.7. The Bertz CT molecular complexity index is 567. The zero-order valence-electron chi connectivity index (χ0n) is 11.1. The molecule has 2 aromatic carbocycles. The van der Waals surface area contributed by atoms with Crippen molar-refractivity contribution in [3.8, 4) is 0 Å². The number of rotatable bonds is 5. The van der Waals surface area contributed by atoms with E-state index >= 15 is 0 Å². The molecular weight excluding hydrogens is 302 g/mol. The third kappa shape index (κ3) is 3.80. The molecule has 0 aliphatic carbocycles. The van der Waals surface area contributed by atoms with Gasteiger partial charge in [-0.3, -0.25) is 4.79 Å². The highest BCUT2D eigenvalue weighted by Gasteiger charge is 2.09. The average Bonchev–Trinajstić information content (AvgIpc) is 2.44. The molecule has 0 saturated carbocycles. The van der Waals surface area contributed by atoms with Gasteiger partial charge < -0.3 is 4.90 Å². The van der Waals surface area contributed by atoms with E-state index in [0.717, 1.165) is 23.9 Å². The van der Waals surface area contributed by atoms with Gasteiger partial charge in [0.2, 0.25) is 5.91 Å². The Morgan fingerprint density at radius 3 is 2.63 bits per heavy atom. The summed E-state index contributed by atoms with van der Waals surface area (Å²) in [6.45, 7) is 0.803. The second-order valence-corrected chi connectivity index (χ2v) is 5.51. The lowest BCUT2D eigenvalue weighted by Gasteiger charge is -2.16. The van der Waals surface area contributed by atoms with Gasteiger partial charge in [0.15, 0.2) is 0 Å². The Kier molecular flexibility index (Phi) is 4.97. The maximum Gasteiger partial charge on any atom is 0.226 e. The van der Waals surface area contributed by atoms with E-state index in [1.165, 1.54) is 10.8 Å². The lowest BCUT2D eigenvalue weighted by Crippen LogP contribution is -2.29. The van der Waals surface area contributed by atoms with Gasteiger partial charge >= 0.3 is 0 Å². The number of nitrogens with zero attached hydrogens (tertiary/aromatic N) is 1. The number of likely N-dealkylation sites (N-methyl/N-ethyl adjacent to an activating group) is 1. The van der Waals surface area contributed by atoms with Crippen molar-refractivity contribution in [1.82, 2.24) is 4.90 Å². The largest absolute Gasteiger partial charge is 0.345 e. The molecule has 1 amide bonds. The summed E-state index contributed by atoms with van der Waals surface area (Å²) >= 11 is 3.38. The third-order valence-corrected chi connectivity index (χ3v) is 3.78. The van der Waals surface area contributed by atoms with Crippen molar-refractivity contribution in [2.45, 2.75) is 12.8 Å². The number of alkyl halides is 1. The molecular formula is C16H18BrNO. The summed E-state index contributed by atoms with van der Waals surface area (Å²) in [6, 6.07) is 14.4. The summed E-state index contributed by atoms with van der Waals surface area (Å²) in [5, 5.41) is 3.34. The Balaban J connectivity index is 2.06. The highest BCUT2D eigenvalue weighted by molar-refractivity contribution is 9.09. The molecule has 0 aromatic heterocycles. The van der Waals surface area contributed by atoms with Crippen molar-refractivity contribution >= 4 is 32.6 Å². The molecule has 0 heterocycles. The number of halogens is 1. The number of carbonyl (C=O) groups is 1. The monoisotopic (exact) mass is 319 g/mol. The SMILES string of the molecule is CN(CCCBr)C(=O)Cc1ccc2ccccc2c1. The van der Waals surface area contributed by atoms with Crippen LogP contribution in [0, 0.1) is 0 Å². The van der Waals surface area contributed by atoms with Crippen LogP contribution in [0.15, 0.2) is 42.5 Å². The van der Waals surface area contributed by atoms with Gasteiger partial charge in [-0.2, -0.15) is 0 Å². The third-order valence-electron chi connectivity index (χ3n) is 3.22. The van der Waals surface area contributed by atoms with Crippen molar-refractivity contribution < 1.29 is 4.79 Å². The molecule has 0 aliphatic heterocycles. The Morgan fingerprint density at radius 2 is 1.89 bits per heavy atom. The van der Waals surface area contributed by atoms with Crippen molar-refractivity contribution in [3.05, 3.63) is 48.0 Å². The summed E-state index contributed by atoms with van der Waals surface area (Å²) in [5.74, 6) is 0.177. The summed E-state index contributed by atoms with van der Waals surface area (Å²) in [7, 11) is 1.87. The van der Waals surface area contributed by atoms with Gasteiger partial charge in [-0.15, -0.1) is 0 Å². The maximum absolute atomic E-state index is 12.1. The van der Waals surface area contributed by atoms with Crippen LogP contribution in [0.3, 0.4) is 0 Å². The van der Waals surface area contributed by atoms with Crippen LogP contribution in [-0.2, 0) is 11.2 Å². The fourth-order valence-electron chi connectivity index (χ4n) is 2.08. The van der Waals surface area contributed by atoms with Crippen LogP contribution in [0.1, 0.15) is 12.0 Å². The first-order valence-corrected chi connectivity index (χ1v) is 7.60. The molecule has 0 bridgehead atoms. The van der Waals surface area contributed by atoms with Gasteiger partial charge in [-0.1, -0.05) is 58.4 Å². The highest BCUT2D eigenvalue weighted by atomic mass is 79.9. The molecule has 2 aromatic rings. The Hall–Kier alpha value is -1.35. The lowest BCUT2D eigenvalue weighted by atomic mass is 10.0. The molecule has 19 heavy (non-hydrogen) atoms. The topological polar surface area (TPSA) is 20.3 Å². The first-order valence-electron chi connectivity index (χ1n) is 6.48. The van der Waals surface area contributed by atoms with Crippen molar-refractivity contribution in [3.63, 3.8) is 0 Å². The summed E-state index contributed by atoms with van der Waals surface area (Å²) in [5.41, 5.74) is 1.08. The minimum absolute atomic E-state index is 0.177. The molecule has 2 rings (SSSR count). The molecule has 0 aliphatic rings. The molecule has 0 N–H and O–H groups in total. The predicted molar refractivity (Wildman–Crippen MR) is 83.7 cm³/mol. The smallest absolute Gasteiger partial charge is 0.226 e. The van der Waals surface area contributed by atoms with E-state index in [-0.39, 0.29) is 5.91 Å². The normalized spacial score (nSPS) is 10.6. The fourth-order valence-corrected chi connectivity index (χ4v) is 2.33. The van der Waals surface area contributed by atoms with E-state index in [9.17, 15) is 4.79 Å². The number of benzene rings is 2. The van der Waals surface area contributed by atoms with Crippen LogP contribution < -0.4 is 0 Å². The summed E-state index contributed by atoms with van der Waals surface area (Å²) in [6.07, 6.45) is 1.46. The van der Waals surface area contributed by atoms with Crippen molar-refractivity contribution in [2.24, 2.45) is 0 Å². The number of hydrogen-bond acceptors (Lipinski definition) is 1. The average molecular weight is 320 g/mol. The fraction of sp³-hybridized carbons (Fsp3) is 0.312. The predicted octanol–water partition coefficient (Wildman–Crippen LogP) is 3.63. The van der Waals surface area contributed by atoms with E-state index in [4.69, 9.17) is 0 Å². The number of fused-ring (bicyclic) bond motifs is 1. The zero-order valence-corrected chi connectivity index (χ0v) is 12.7. The minimum atomic E-state index is 0.177. The van der Waals surface area contributed by atoms with Crippen molar-refractivity contribution in [1.29, 1.82) is 0 Å². The van der Waals surface area contributed by atoms with Crippen molar-refractivity contribution in [2.75, 3.05) is 18.9 Å². The van der Waals surface area contributed by atoms with Crippen LogP contribution in [0.4, 0.5) is 0 Å². The van der Waals surface area contributed by atoms with Crippen LogP contribution in [0.5, 0.6) is 0 Å². The van der Waals surface area contributed by atoms with E-state index < -0.39 is 0 Å². The summed E-state index contributed by atoms with van der Waals surface area (Å²) < 4.78 is 0. The van der Waals surface area contributed by atoms with Gasteiger partial charge in [-0.05, 0) is 22.8 Å². The molecule has 0 fully saturated rings. The minimum Gasteiger partial charge on any atom is -0.345 e. The van der Waals surface area contributed by atoms with Gasteiger partial charge in [0, 0.05) is 18.9 Å². The van der Waals surface area contributed by atoms with E-state index in [1.54, 1.807) is 4.90 Å². The Morgan fingerprint density at radius 1 is 1.16 bits per heavy atom. The molecule has 0 atom stereocenters. The van der Waals surface area contributed by atoms with Crippen LogP contribution in [0.25, 0.3) is 10.8 Å². The highest BCUT2D eigenvalue weighted by Crippen LogP contribution is 2.16. The molecule has 0 radical (unpaired) electrons. The number of carbonyl (C=O) groups excluding carboxylic acids is 1. The number of amides is 1. The maximum atomic E-state index is 12.1. The quantitative estimate of drug-likeness (QED) is 0.771.